The van der Waals surface area contributed by atoms with Crippen molar-refractivity contribution in [3.05, 3.63) is 47.5 Å². The average Bonchev–Trinajstić information content (AvgIpc) is 2.87. The number of allylic oxidation sites excluding steroid dienone is 2. The van der Waals surface area contributed by atoms with E-state index in [1.807, 2.05) is 0 Å². The molecule has 0 fully saturated rings. The lowest BCUT2D eigenvalue weighted by Gasteiger charge is -2.11. The standard InChI is InChI=1S/C25H26O10/c1-31-18-10-14(11-19(32-2)23(18)28)6-8-16(26)22(25(30)35-5)17(27)9-7-15-12-20(33-3)24(29)21(13-15)34-4/h6-13,22,28-29H,1-5H3. The molecule has 2 aromatic rings. The normalized spacial score (nSPS) is 11.8. The van der Waals surface area contributed by atoms with Gasteiger partial charge in [-0.05, 0) is 47.5 Å². The first kappa shape index (κ1) is 26.8. The minimum Gasteiger partial charge on any atom is -0.502 e. The predicted molar refractivity (Wildman–Crippen MR) is 126 cm³/mol. The molecule has 0 spiro atoms. The van der Waals surface area contributed by atoms with Crippen LogP contribution in [0.25, 0.3) is 12.2 Å². The smallest absolute Gasteiger partial charge is 0.324 e. The molecule has 0 heterocycles. The summed E-state index contributed by atoms with van der Waals surface area (Å²) in [5.41, 5.74) is 0.833. The van der Waals surface area contributed by atoms with Gasteiger partial charge in [-0.15, -0.1) is 0 Å². The molecular weight excluding hydrogens is 460 g/mol. The summed E-state index contributed by atoms with van der Waals surface area (Å²) in [5.74, 6) is -4.40. The molecule has 0 saturated carbocycles. The van der Waals surface area contributed by atoms with E-state index in [0.717, 1.165) is 19.3 Å². The van der Waals surface area contributed by atoms with E-state index in [1.165, 1.54) is 64.9 Å². The lowest BCUT2D eigenvalue weighted by Crippen LogP contribution is -2.30. The van der Waals surface area contributed by atoms with Crippen molar-refractivity contribution >= 4 is 29.7 Å². The molecular formula is C25H26O10. The van der Waals surface area contributed by atoms with Gasteiger partial charge in [0.2, 0.25) is 11.5 Å². The fourth-order valence-electron chi connectivity index (χ4n) is 3.06. The number of hydrogen-bond donors (Lipinski definition) is 2. The van der Waals surface area contributed by atoms with Gasteiger partial charge in [0, 0.05) is 0 Å². The molecule has 35 heavy (non-hydrogen) atoms. The van der Waals surface area contributed by atoms with Crippen molar-refractivity contribution in [2.75, 3.05) is 35.5 Å². The summed E-state index contributed by atoms with van der Waals surface area (Å²) >= 11 is 0. The van der Waals surface area contributed by atoms with Gasteiger partial charge in [0.1, 0.15) is 0 Å². The molecule has 2 aromatic carbocycles. The van der Waals surface area contributed by atoms with Crippen LogP contribution in [0.2, 0.25) is 0 Å². The number of ether oxygens (including phenoxy) is 5. The zero-order valence-electron chi connectivity index (χ0n) is 19.9. The summed E-state index contributed by atoms with van der Waals surface area (Å²) in [6.07, 6.45) is 4.78. The number of aromatic hydroxyl groups is 2. The second kappa shape index (κ2) is 12.1. The predicted octanol–water partition coefficient (Wildman–Crippen LogP) is 2.79. The zero-order valence-corrected chi connectivity index (χ0v) is 19.9. The molecule has 0 aliphatic heterocycles. The van der Waals surface area contributed by atoms with Crippen LogP contribution in [-0.2, 0) is 19.1 Å². The SMILES string of the molecule is COC(=O)C(C(=O)C=Cc1cc(OC)c(O)c(OC)c1)C(=O)C=Cc1cc(OC)c(O)c(OC)c1. The van der Waals surface area contributed by atoms with Crippen LogP contribution in [0, 0.1) is 5.92 Å². The van der Waals surface area contributed by atoms with Gasteiger partial charge in [-0.25, -0.2) is 0 Å². The van der Waals surface area contributed by atoms with Gasteiger partial charge in [-0.2, -0.15) is 0 Å². The summed E-state index contributed by atoms with van der Waals surface area (Å²) in [5, 5.41) is 20.0. The van der Waals surface area contributed by atoms with Crippen LogP contribution in [-0.4, -0.2) is 63.3 Å². The number of hydrogen-bond acceptors (Lipinski definition) is 10. The number of esters is 1. The summed E-state index contributed by atoms with van der Waals surface area (Å²) < 4.78 is 24.9. The van der Waals surface area contributed by atoms with E-state index in [9.17, 15) is 24.6 Å². The monoisotopic (exact) mass is 486 g/mol. The summed E-state index contributed by atoms with van der Waals surface area (Å²) in [6.45, 7) is 0. The van der Waals surface area contributed by atoms with Crippen LogP contribution in [0.15, 0.2) is 36.4 Å². The van der Waals surface area contributed by atoms with Gasteiger partial charge in [-0.3, -0.25) is 14.4 Å². The molecule has 186 valence electrons. The molecule has 0 aromatic heterocycles. The van der Waals surface area contributed by atoms with Gasteiger partial charge in [0.25, 0.3) is 0 Å². The van der Waals surface area contributed by atoms with Crippen LogP contribution in [0.3, 0.4) is 0 Å². The van der Waals surface area contributed by atoms with Gasteiger partial charge < -0.3 is 33.9 Å². The fourth-order valence-corrected chi connectivity index (χ4v) is 3.06. The number of phenolic OH excluding ortho intramolecular Hbond substituents is 2. The number of methoxy groups -OCH3 is 5. The molecule has 2 N–H and O–H groups in total. The fraction of sp³-hybridized carbons (Fsp3) is 0.240. The second-order valence-corrected chi connectivity index (χ2v) is 6.98. The van der Waals surface area contributed by atoms with Crippen molar-refractivity contribution < 1.29 is 48.3 Å². The molecule has 0 unspecified atom stereocenters. The highest BCUT2D eigenvalue weighted by atomic mass is 16.5. The third kappa shape index (κ3) is 6.32. The molecule has 0 aliphatic carbocycles. The first-order chi connectivity index (χ1) is 16.7. The molecule has 10 nitrogen and oxygen atoms in total. The number of carbonyl (C=O) groups is 3. The van der Waals surface area contributed by atoms with Crippen LogP contribution in [0.5, 0.6) is 34.5 Å². The van der Waals surface area contributed by atoms with Crippen LogP contribution < -0.4 is 18.9 Å². The maximum Gasteiger partial charge on any atom is 0.324 e. The van der Waals surface area contributed by atoms with Gasteiger partial charge >= 0.3 is 5.97 Å². The van der Waals surface area contributed by atoms with E-state index in [1.54, 1.807) is 0 Å². The summed E-state index contributed by atoms with van der Waals surface area (Å²) in [7, 11) is 6.47. The highest BCUT2D eigenvalue weighted by Gasteiger charge is 2.31. The summed E-state index contributed by atoms with van der Waals surface area (Å²) in [6, 6.07) is 5.79. The average molecular weight is 486 g/mol. The van der Waals surface area contributed by atoms with Crippen molar-refractivity contribution in [1.29, 1.82) is 0 Å². The molecule has 2 rings (SSSR count). The minimum atomic E-state index is -1.74. The molecule has 10 heteroatoms. The second-order valence-electron chi connectivity index (χ2n) is 6.98. The van der Waals surface area contributed by atoms with Crippen LogP contribution >= 0.6 is 0 Å². The Bertz CT molecular complexity index is 1030. The number of benzene rings is 2. The van der Waals surface area contributed by atoms with Crippen LogP contribution in [0.4, 0.5) is 0 Å². The Morgan fingerprint density at radius 1 is 0.657 bits per heavy atom. The first-order valence-corrected chi connectivity index (χ1v) is 10.1. The number of rotatable bonds is 11. The lowest BCUT2D eigenvalue weighted by molar-refractivity contribution is -0.150. The molecule has 0 saturated heterocycles. The Kier molecular flexibility index (Phi) is 9.27. The van der Waals surface area contributed by atoms with E-state index >= 15 is 0 Å². The largest absolute Gasteiger partial charge is 0.502 e. The molecule has 0 amide bonds. The Hall–Kier alpha value is -4.47. The van der Waals surface area contributed by atoms with E-state index in [2.05, 4.69) is 4.74 Å². The third-order valence-corrected chi connectivity index (χ3v) is 4.89. The Morgan fingerprint density at radius 3 is 1.23 bits per heavy atom. The van der Waals surface area contributed by atoms with E-state index in [4.69, 9.17) is 18.9 Å². The molecule has 0 aliphatic rings. The van der Waals surface area contributed by atoms with Gasteiger partial charge in [0.05, 0.1) is 35.5 Å². The van der Waals surface area contributed by atoms with E-state index in [-0.39, 0.29) is 34.5 Å². The highest BCUT2D eigenvalue weighted by Crippen LogP contribution is 2.38. The maximum atomic E-state index is 12.8. The first-order valence-electron chi connectivity index (χ1n) is 10.1. The third-order valence-electron chi connectivity index (χ3n) is 4.89. The topological polar surface area (TPSA) is 138 Å². The van der Waals surface area contributed by atoms with Gasteiger partial charge in [0.15, 0.2) is 40.5 Å². The lowest BCUT2D eigenvalue weighted by atomic mass is 9.97. The Labute approximate surface area is 201 Å². The van der Waals surface area contributed by atoms with Crippen molar-refractivity contribution in [2.24, 2.45) is 5.92 Å². The van der Waals surface area contributed by atoms with E-state index in [0.29, 0.717) is 11.1 Å². The molecule has 0 atom stereocenters. The number of carbonyl (C=O) groups excluding carboxylic acids is 3. The van der Waals surface area contributed by atoms with Crippen molar-refractivity contribution in [1.82, 2.24) is 0 Å². The quantitative estimate of drug-likeness (QED) is 0.277. The van der Waals surface area contributed by atoms with E-state index < -0.39 is 23.5 Å². The molecule has 0 bridgehead atoms. The van der Waals surface area contributed by atoms with Gasteiger partial charge in [-0.1, -0.05) is 12.2 Å². The number of phenols is 2. The molecule has 0 radical (unpaired) electrons. The van der Waals surface area contributed by atoms with Crippen molar-refractivity contribution in [3.8, 4) is 34.5 Å². The number of ketones is 2. The Balaban J connectivity index is 2.33. The maximum absolute atomic E-state index is 12.8. The summed E-state index contributed by atoms with van der Waals surface area (Å²) in [4.78, 5) is 37.8. The van der Waals surface area contributed by atoms with Crippen molar-refractivity contribution in [3.63, 3.8) is 0 Å². The minimum absolute atomic E-state index is 0.111. The highest BCUT2D eigenvalue weighted by molar-refractivity contribution is 6.24. The van der Waals surface area contributed by atoms with Crippen molar-refractivity contribution in [2.45, 2.75) is 0 Å². The van der Waals surface area contributed by atoms with Crippen LogP contribution in [0.1, 0.15) is 11.1 Å². The Morgan fingerprint density at radius 2 is 0.971 bits per heavy atom. The zero-order chi connectivity index (χ0) is 26.1.